The van der Waals surface area contributed by atoms with E-state index >= 15 is 0 Å². The lowest BCUT2D eigenvalue weighted by Crippen LogP contribution is -2.65. The number of nitrogens with two attached hydrogens (primary N) is 1. The lowest BCUT2D eigenvalue weighted by molar-refractivity contribution is -0.202. The van der Waals surface area contributed by atoms with Gasteiger partial charge in [0.15, 0.2) is 0 Å². The van der Waals surface area contributed by atoms with E-state index in [2.05, 4.69) is 11.0 Å². The molecule has 1 amide bonds. The third kappa shape index (κ3) is 3.42. The Labute approximate surface area is 185 Å². The summed E-state index contributed by atoms with van der Waals surface area (Å²) in [5.41, 5.74) is 6.57. The predicted octanol–water partition coefficient (Wildman–Crippen LogP) is 1.51. The molecule has 7 nitrogen and oxygen atoms in total. The molecule has 0 aromatic carbocycles. The summed E-state index contributed by atoms with van der Waals surface area (Å²) in [4.78, 5) is 17.9. The summed E-state index contributed by atoms with van der Waals surface area (Å²) in [6.45, 7) is 5.32. The van der Waals surface area contributed by atoms with Crippen LogP contribution < -0.4 is 5.73 Å². The molecule has 7 aliphatic rings. The Balaban J connectivity index is 1.16. The molecule has 4 bridgehead atoms. The molecule has 2 aliphatic heterocycles. The molecular formula is C24H36N4O3. The van der Waals surface area contributed by atoms with Gasteiger partial charge in [0, 0.05) is 25.7 Å². The summed E-state index contributed by atoms with van der Waals surface area (Å²) in [5.74, 6) is 1.83. The summed E-state index contributed by atoms with van der Waals surface area (Å²) in [6.07, 6.45) is 8.47. The maximum absolute atomic E-state index is 13.6. The topological polar surface area (TPSA) is 91.8 Å². The zero-order chi connectivity index (χ0) is 21.2. The Kier molecular flexibility index (Phi) is 4.88. The van der Waals surface area contributed by atoms with Gasteiger partial charge in [-0.25, -0.2) is 0 Å². The standard InChI is InChI=1S/C24H36N4O3/c25-14-19-8-18-9-20(18)28(19)22(29)21(26)23-10-16-7-17(11-23)13-24(12-16,15-23)31-6-3-27-1-4-30-5-2-27/h16-21H,1-13,15,26H2/t16-,17?,18+,19-,20-,21+,23?,24?/m0/s1. The maximum Gasteiger partial charge on any atom is 0.241 e. The monoisotopic (exact) mass is 428 g/mol. The predicted molar refractivity (Wildman–Crippen MR) is 114 cm³/mol. The van der Waals surface area contributed by atoms with Crippen LogP contribution in [-0.2, 0) is 14.3 Å². The van der Waals surface area contributed by atoms with Crippen molar-refractivity contribution < 1.29 is 14.3 Å². The second kappa shape index (κ2) is 7.41. The van der Waals surface area contributed by atoms with E-state index in [4.69, 9.17) is 15.2 Å². The Morgan fingerprint density at radius 2 is 1.90 bits per heavy atom. The number of hydrogen-bond donors (Lipinski definition) is 1. The number of hydrogen-bond acceptors (Lipinski definition) is 6. The molecule has 0 aromatic rings. The van der Waals surface area contributed by atoms with Gasteiger partial charge in [-0.3, -0.25) is 9.69 Å². The average molecular weight is 429 g/mol. The molecule has 0 aromatic heterocycles. The smallest absolute Gasteiger partial charge is 0.241 e. The normalized spacial score (nSPS) is 46.6. The van der Waals surface area contributed by atoms with Crippen LogP contribution in [-0.4, -0.2) is 78.9 Å². The van der Waals surface area contributed by atoms with E-state index in [1.165, 1.54) is 6.42 Å². The van der Waals surface area contributed by atoms with Crippen LogP contribution in [0.25, 0.3) is 0 Å². The fraction of sp³-hybridized carbons (Fsp3) is 0.917. The minimum Gasteiger partial charge on any atom is -0.379 e. The van der Waals surface area contributed by atoms with Gasteiger partial charge in [0.1, 0.15) is 6.04 Å². The number of rotatable bonds is 6. The van der Waals surface area contributed by atoms with Crippen molar-refractivity contribution >= 4 is 5.91 Å². The zero-order valence-corrected chi connectivity index (χ0v) is 18.5. The van der Waals surface area contributed by atoms with Gasteiger partial charge < -0.3 is 20.1 Å². The Morgan fingerprint density at radius 1 is 1.16 bits per heavy atom. The summed E-state index contributed by atoms with van der Waals surface area (Å²) >= 11 is 0. The first kappa shape index (κ1) is 20.4. The third-order valence-electron chi connectivity index (χ3n) is 9.41. The number of fused-ring (bicyclic) bond motifs is 1. The lowest BCUT2D eigenvalue weighted by Gasteiger charge is -2.63. The molecular weight excluding hydrogens is 392 g/mol. The van der Waals surface area contributed by atoms with Crippen LogP contribution in [0.5, 0.6) is 0 Å². The molecule has 170 valence electrons. The molecule has 7 fully saturated rings. The number of amides is 1. The van der Waals surface area contributed by atoms with Crippen LogP contribution in [0.15, 0.2) is 0 Å². The highest BCUT2D eigenvalue weighted by Crippen LogP contribution is 2.64. The Hall–Kier alpha value is -1.20. The van der Waals surface area contributed by atoms with E-state index in [-0.39, 0.29) is 29.0 Å². The van der Waals surface area contributed by atoms with E-state index < -0.39 is 6.04 Å². The number of carbonyl (C=O) groups excluding carboxylic acids is 1. The lowest BCUT2D eigenvalue weighted by atomic mass is 9.46. The first-order valence-electron chi connectivity index (χ1n) is 12.4. The largest absolute Gasteiger partial charge is 0.379 e. The highest BCUT2D eigenvalue weighted by Gasteiger charge is 2.63. The van der Waals surface area contributed by atoms with E-state index in [9.17, 15) is 10.1 Å². The summed E-state index contributed by atoms with van der Waals surface area (Å²) in [5, 5.41) is 9.57. The summed E-state index contributed by atoms with van der Waals surface area (Å²) in [6, 6.07) is 1.88. The van der Waals surface area contributed by atoms with Crippen molar-refractivity contribution in [2.75, 3.05) is 39.5 Å². The van der Waals surface area contributed by atoms with E-state index in [0.717, 1.165) is 84.4 Å². The van der Waals surface area contributed by atoms with E-state index in [1.54, 1.807) is 0 Å². The Bertz CT molecular complexity index is 761. The Morgan fingerprint density at radius 3 is 2.61 bits per heavy atom. The second-order valence-corrected chi connectivity index (χ2v) is 11.5. The van der Waals surface area contributed by atoms with Crippen molar-refractivity contribution in [2.45, 2.75) is 75.1 Å². The number of piperidine rings is 1. The van der Waals surface area contributed by atoms with E-state index in [1.807, 2.05) is 4.90 Å². The first-order valence-corrected chi connectivity index (χ1v) is 12.4. The van der Waals surface area contributed by atoms with Crippen molar-refractivity contribution in [3.63, 3.8) is 0 Å². The van der Waals surface area contributed by atoms with Crippen LogP contribution in [0, 0.1) is 34.5 Å². The number of nitrogens with zero attached hydrogens (tertiary/aromatic N) is 3. The van der Waals surface area contributed by atoms with Crippen LogP contribution >= 0.6 is 0 Å². The van der Waals surface area contributed by atoms with Gasteiger partial charge in [-0.1, -0.05) is 0 Å². The van der Waals surface area contributed by atoms with Crippen molar-refractivity contribution in [1.82, 2.24) is 9.80 Å². The van der Waals surface area contributed by atoms with E-state index in [0.29, 0.717) is 17.8 Å². The molecule has 31 heavy (non-hydrogen) atoms. The van der Waals surface area contributed by atoms with Crippen molar-refractivity contribution in [1.29, 1.82) is 5.26 Å². The molecule has 5 aliphatic carbocycles. The first-order chi connectivity index (χ1) is 15.0. The van der Waals surface area contributed by atoms with Crippen LogP contribution in [0.2, 0.25) is 0 Å². The molecule has 2 N–H and O–H groups in total. The van der Waals surface area contributed by atoms with Crippen molar-refractivity contribution in [2.24, 2.45) is 28.9 Å². The number of ether oxygens (including phenoxy) is 2. The van der Waals surface area contributed by atoms with Crippen LogP contribution in [0.4, 0.5) is 0 Å². The summed E-state index contributed by atoms with van der Waals surface area (Å²) in [7, 11) is 0. The van der Waals surface area contributed by atoms with Gasteiger partial charge in [-0.2, -0.15) is 5.26 Å². The molecule has 7 heteroatoms. The number of morpholine rings is 1. The van der Waals surface area contributed by atoms with Gasteiger partial charge in [0.05, 0.1) is 37.5 Å². The SMILES string of the molecule is N#C[C@@H]1C[C@@H]2C[C@@H]2N1C(=O)[C@@H](N)C12CC3C[C@H](CC(OCCN4CCOCC4)(C3)C1)C2. The average Bonchev–Trinajstić information content (AvgIpc) is 3.42. The van der Waals surface area contributed by atoms with Gasteiger partial charge in [-0.15, -0.1) is 0 Å². The van der Waals surface area contributed by atoms with Gasteiger partial charge in [-0.05, 0) is 74.5 Å². The minimum atomic E-state index is -0.490. The zero-order valence-electron chi connectivity index (χ0n) is 18.5. The molecule has 5 saturated carbocycles. The molecule has 7 rings (SSSR count). The van der Waals surface area contributed by atoms with Crippen LogP contribution in [0.3, 0.4) is 0 Å². The molecule has 2 heterocycles. The quantitative estimate of drug-likeness (QED) is 0.690. The highest BCUT2D eigenvalue weighted by molar-refractivity contribution is 5.84. The maximum atomic E-state index is 13.6. The fourth-order valence-corrected chi connectivity index (χ4v) is 8.31. The second-order valence-electron chi connectivity index (χ2n) is 11.5. The minimum absolute atomic E-state index is 0.0435. The van der Waals surface area contributed by atoms with Gasteiger partial charge >= 0.3 is 0 Å². The number of nitriles is 1. The van der Waals surface area contributed by atoms with Crippen molar-refractivity contribution in [3.8, 4) is 6.07 Å². The fourth-order valence-electron chi connectivity index (χ4n) is 8.31. The number of carbonyl (C=O) groups is 1. The molecule has 8 atom stereocenters. The van der Waals surface area contributed by atoms with Gasteiger partial charge in [0.25, 0.3) is 0 Å². The molecule has 2 saturated heterocycles. The number of likely N-dealkylation sites (tertiary alicyclic amines) is 1. The van der Waals surface area contributed by atoms with Crippen LogP contribution in [0.1, 0.15) is 51.4 Å². The summed E-state index contributed by atoms with van der Waals surface area (Å²) < 4.78 is 12.1. The molecule has 3 unspecified atom stereocenters. The van der Waals surface area contributed by atoms with Crippen molar-refractivity contribution in [3.05, 3.63) is 0 Å². The van der Waals surface area contributed by atoms with Gasteiger partial charge in [0.2, 0.25) is 5.91 Å². The molecule has 0 radical (unpaired) electrons. The highest BCUT2D eigenvalue weighted by atomic mass is 16.5. The third-order valence-corrected chi connectivity index (χ3v) is 9.41. The molecule has 0 spiro atoms.